The molecule has 2 aromatic heterocycles. The van der Waals surface area contributed by atoms with Crippen LogP contribution in [-0.4, -0.2) is 15.1 Å². The smallest absolute Gasteiger partial charge is 0.145 e. The summed E-state index contributed by atoms with van der Waals surface area (Å²) in [6.45, 7) is 0. The van der Waals surface area contributed by atoms with E-state index in [0.717, 1.165) is 28.6 Å². The minimum absolute atomic E-state index is 0.0162. The summed E-state index contributed by atoms with van der Waals surface area (Å²) in [5.74, 6) is 0.269. The first kappa shape index (κ1) is 15.3. The van der Waals surface area contributed by atoms with Crippen molar-refractivity contribution in [1.82, 2.24) is 9.97 Å². The summed E-state index contributed by atoms with van der Waals surface area (Å²) in [6.07, 6.45) is 4.23. The molecule has 0 radical (unpaired) electrons. The zero-order valence-corrected chi connectivity index (χ0v) is 13.7. The number of fused-ring (bicyclic) bond motifs is 1. The molecule has 0 spiro atoms. The van der Waals surface area contributed by atoms with Crippen LogP contribution in [0.1, 0.15) is 22.7 Å². The van der Waals surface area contributed by atoms with Gasteiger partial charge in [-0.3, -0.25) is 9.97 Å². The number of pyridine rings is 2. The minimum Gasteiger partial charge on any atom is -0.505 e. The average Bonchev–Trinajstić information content (AvgIpc) is 2.69. The Hall–Kier alpha value is -3.20. The van der Waals surface area contributed by atoms with E-state index in [0.29, 0.717) is 5.52 Å². The summed E-state index contributed by atoms with van der Waals surface area (Å²) < 4.78 is 0. The Morgan fingerprint density at radius 1 is 0.760 bits per heavy atom. The first-order valence-corrected chi connectivity index (χ1v) is 8.34. The molecule has 0 fully saturated rings. The third kappa shape index (κ3) is 3.09. The predicted octanol–water partition coefficient (Wildman–Crippen LogP) is 4.71. The Balaban J connectivity index is 1.85. The van der Waals surface area contributed by atoms with Crippen molar-refractivity contribution in [2.75, 3.05) is 0 Å². The van der Waals surface area contributed by atoms with Gasteiger partial charge in [0.1, 0.15) is 11.3 Å². The van der Waals surface area contributed by atoms with Crippen LogP contribution in [0.4, 0.5) is 0 Å². The van der Waals surface area contributed by atoms with E-state index in [4.69, 9.17) is 0 Å². The van der Waals surface area contributed by atoms with Crippen molar-refractivity contribution in [2.24, 2.45) is 0 Å². The molecule has 122 valence electrons. The summed E-state index contributed by atoms with van der Waals surface area (Å²) >= 11 is 0. The molecule has 0 bridgehead atoms. The molecule has 3 nitrogen and oxygen atoms in total. The molecular formula is C22H18N2O. The van der Waals surface area contributed by atoms with E-state index in [-0.39, 0.29) is 11.7 Å². The summed E-state index contributed by atoms with van der Waals surface area (Å²) in [7, 11) is 0. The van der Waals surface area contributed by atoms with Gasteiger partial charge < -0.3 is 5.11 Å². The fourth-order valence-corrected chi connectivity index (χ4v) is 3.25. The molecule has 0 aliphatic heterocycles. The van der Waals surface area contributed by atoms with Gasteiger partial charge in [-0.25, -0.2) is 0 Å². The quantitative estimate of drug-likeness (QED) is 0.591. The van der Waals surface area contributed by atoms with Crippen molar-refractivity contribution in [1.29, 1.82) is 0 Å². The molecule has 4 rings (SSSR count). The molecule has 25 heavy (non-hydrogen) atoms. The lowest BCUT2D eigenvalue weighted by molar-refractivity contribution is 0.469. The van der Waals surface area contributed by atoms with Crippen LogP contribution in [0.2, 0.25) is 0 Å². The zero-order valence-electron chi connectivity index (χ0n) is 13.7. The molecule has 1 N–H and O–H groups in total. The molecule has 2 aromatic carbocycles. The van der Waals surface area contributed by atoms with E-state index >= 15 is 0 Å². The van der Waals surface area contributed by atoms with Gasteiger partial charge in [-0.2, -0.15) is 0 Å². The number of phenols is 1. The minimum atomic E-state index is 0.0162. The molecule has 0 aliphatic rings. The number of hydrogen-bond donors (Lipinski definition) is 1. The molecule has 4 aromatic rings. The van der Waals surface area contributed by atoms with Crippen LogP contribution in [0.3, 0.4) is 0 Å². The lowest BCUT2D eigenvalue weighted by Crippen LogP contribution is -2.07. The van der Waals surface area contributed by atoms with Crippen molar-refractivity contribution < 1.29 is 5.11 Å². The molecule has 0 aliphatic carbocycles. The maximum atomic E-state index is 10.9. The number of benzene rings is 2. The monoisotopic (exact) mass is 326 g/mol. The highest BCUT2D eigenvalue weighted by Gasteiger charge is 2.20. The molecule has 0 saturated heterocycles. The van der Waals surface area contributed by atoms with Gasteiger partial charge in [-0.1, -0.05) is 54.6 Å². The standard InChI is InChI=1S/C22H18N2O/c25-22-19(12-11-17-9-6-14-24-21(17)22)20(16-7-2-1-3-8-16)15-18-10-4-5-13-23-18/h1-14,20,25H,15H2. The van der Waals surface area contributed by atoms with Crippen LogP contribution >= 0.6 is 0 Å². The van der Waals surface area contributed by atoms with E-state index in [2.05, 4.69) is 22.1 Å². The first-order valence-electron chi connectivity index (χ1n) is 8.34. The second kappa shape index (κ2) is 6.73. The normalized spacial score (nSPS) is 12.2. The molecular weight excluding hydrogens is 308 g/mol. The fraction of sp³-hybridized carbons (Fsp3) is 0.0909. The highest BCUT2D eigenvalue weighted by atomic mass is 16.3. The lowest BCUT2D eigenvalue weighted by atomic mass is 9.86. The number of phenolic OH excluding ortho intramolecular Hbond substituents is 1. The predicted molar refractivity (Wildman–Crippen MR) is 99.6 cm³/mol. The molecule has 0 saturated carbocycles. The van der Waals surface area contributed by atoms with Crippen molar-refractivity contribution in [3.05, 3.63) is 102 Å². The molecule has 2 heterocycles. The van der Waals surface area contributed by atoms with Crippen LogP contribution in [0.15, 0.2) is 85.2 Å². The van der Waals surface area contributed by atoms with Gasteiger partial charge in [0.15, 0.2) is 0 Å². The highest BCUT2D eigenvalue weighted by Crippen LogP contribution is 2.37. The van der Waals surface area contributed by atoms with Gasteiger partial charge >= 0.3 is 0 Å². The molecule has 1 atom stereocenters. The Kier molecular flexibility index (Phi) is 4.13. The van der Waals surface area contributed by atoms with Crippen molar-refractivity contribution in [3.63, 3.8) is 0 Å². The number of hydrogen-bond acceptors (Lipinski definition) is 3. The fourth-order valence-electron chi connectivity index (χ4n) is 3.25. The van der Waals surface area contributed by atoms with Crippen molar-refractivity contribution >= 4 is 10.9 Å². The van der Waals surface area contributed by atoms with E-state index < -0.39 is 0 Å². The second-order valence-electron chi connectivity index (χ2n) is 6.07. The highest BCUT2D eigenvalue weighted by molar-refractivity contribution is 5.85. The Morgan fingerprint density at radius 3 is 2.36 bits per heavy atom. The van der Waals surface area contributed by atoms with Gasteiger partial charge in [-0.15, -0.1) is 0 Å². The summed E-state index contributed by atoms with van der Waals surface area (Å²) in [5, 5.41) is 11.8. The largest absolute Gasteiger partial charge is 0.505 e. The van der Waals surface area contributed by atoms with Gasteiger partial charge in [-0.05, 0) is 23.8 Å². The zero-order chi connectivity index (χ0) is 17.1. The number of rotatable bonds is 4. The maximum absolute atomic E-state index is 10.9. The van der Waals surface area contributed by atoms with Crippen LogP contribution in [0, 0.1) is 0 Å². The average molecular weight is 326 g/mol. The Morgan fingerprint density at radius 2 is 1.56 bits per heavy atom. The second-order valence-corrected chi connectivity index (χ2v) is 6.07. The van der Waals surface area contributed by atoms with Crippen LogP contribution in [0.5, 0.6) is 5.75 Å². The van der Waals surface area contributed by atoms with Gasteiger partial charge in [0, 0.05) is 41.4 Å². The van der Waals surface area contributed by atoms with E-state index in [1.54, 1.807) is 12.4 Å². The topological polar surface area (TPSA) is 46.0 Å². The van der Waals surface area contributed by atoms with Crippen molar-refractivity contribution in [2.45, 2.75) is 12.3 Å². The molecule has 1 unspecified atom stereocenters. The molecule has 0 amide bonds. The van der Waals surface area contributed by atoms with Crippen molar-refractivity contribution in [3.8, 4) is 5.75 Å². The van der Waals surface area contributed by atoms with Gasteiger partial charge in [0.25, 0.3) is 0 Å². The number of aromatic nitrogens is 2. The van der Waals surface area contributed by atoms with Crippen LogP contribution < -0.4 is 0 Å². The third-order valence-corrected chi connectivity index (χ3v) is 4.50. The Bertz CT molecular complexity index is 984. The van der Waals surface area contributed by atoms with Crippen LogP contribution in [0.25, 0.3) is 10.9 Å². The third-order valence-electron chi connectivity index (χ3n) is 4.50. The summed E-state index contributed by atoms with van der Waals surface area (Å²) in [4.78, 5) is 8.82. The van der Waals surface area contributed by atoms with Gasteiger partial charge in [0.05, 0.1) is 0 Å². The Labute approximate surface area is 146 Å². The number of nitrogens with zero attached hydrogens (tertiary/aromatic N) is 2. The lowest BCUT2D eigenvalue weighted by Gasteiger charge is -2.19. The van der Waals surface area contributed by atoms with E-state index in [1.807, 2.05) is 60.7 Å². The van der Waals surface area contributed by atoms with E-state index in [9.17, 15) is 5.11 Å². The van der Waals surface area contributed by atoms with Crippen LogP contribution in [-0.2, 0) is 6.42 Å². The van der Waals surface area contributed by atoms with E-state index in [1.165, 1.54) is 0 Å². The number of aromatic hydroxyl groups is 1. The summed E-state index contributed by atoms with van der Waals surface area (Å²) in [5.41, 5.74) is 3.67. The summed E-state index contributed by atoms with van der Waals surface area (Å²) in [6, 6.07) is 24.0. The maximum Gasteiger partial charge on any atom is 0.145 e. The SMILES string of the molecule is Oc1c(C(Cc2ccccn2)c2ccccc2)ccc2cccnc12. The van der Waals surface area contributed by atoms with Gasteiger partial charge in [0.2, 0.25) is 0 Å². The molecule has 3 heteroatoms. The first-order chi connectivity index (χ1) is 12.3.